The van der Waals surface area contributed by atoms with Crippen molar-refractivity contribution >= 4 is 23.3 Å². The van der Waals surface area contributed by atoms with E-state index in [4.69, 9.17) is 9.47 Å². The Morgan fingerprint density at radius 3 is 2.38 bits per heavy atom. The number of nitrogens with one attached hydrogen (secondary N) is 1. The van der Waals surface area contributed by atoms with Crippen LogP contribution in [-0.2, 0) is 17.8 Å². The van der Waals surface area contributed by atoms with Crippen LogP contribution >= 0.6 is 11.3 Å². The predicted molar refractivity (Wildman–Crippen MR) is 158 cm³/mol. The standard InChI is InChI=1S/C30H32FN5O5S/c1-6-32-27(38)24-26(40-18-20-10-8-7-9-11-20)25(37)22(17-36(24)35(5)29(39)41-30(2,3)4)28-34-33-23(42-28)16-19-12-14-21(31)15-13-19/h7-15,17H,6,16,18H2,1-5H3,(H,32,38). The second kappa shape index (κ2) is 12.9. The molecule has 1 N–H and O–H groups in total. The average molecular weight is 594 g/mol. The third kappa shape index (κ3) is 7.38. The van der Waals surface area contributed by atoms with E-state index in [0.29, 0.717) is 11.4 Å². The van der Waals surface area contributed by atoms with Gasteiger partial charge in [-0.15, -0.1) is 10.2 Å². The molecule has 12 heteroatoms. The first kappa shape index (κ1) is 30.4. The summed E-state index contributed by atoms with van der Waals surface area (Å²) in [5.74, 6) is -1.22. The normalized spacial score (nSPS) is 11.2. The molecule has 0 aliphatic rings. The maximum Gasteiger partial charge on any atom is 0.429 e. The van der Waals surface area contributed by atoms with Crippen molar-refractivity contribution < 1.29 is 23.5 Å². The van der Waals surface area contributed by atoms with Crippen molar-refractivity contribution in [3.63, 3.8) is 0 Å². The fourth-order valence-electron chi connectivity index (χ4n) is 3.91. The monoisotopic (exact) mass is 593 g/mol. The van der Waals surface area contributed by atoms with Gasteiger partial charge in [0, 0.05) is 26.2 Å². The number of nitrogens with zero attached hydrogens (tertiary/aromatic N) is 4. The Balaban J connectivity index is 1.84. The van der Waals surface area contributed by atoms with Crippen LogP contribution in [0, 0.1) is 5.82 Å². The van der Waals surface area contributed by atoms with Crippen molar-refractivity contribution in [3.8, 4) is 16.3 Å². The lowest BCUT2D eigenvalue weighted by Crippen LogP contribution is -2.44. The number of halogens is 1. The molecule has 0 aliphatic heterocycles. The van der Waals surface area contributed by atoms with Crippen LogP contribution in [0.25, 0.3) is 10.6 Å². The molecule has 0 bridgehead atoms. The molecule has 2 heterocycles. The van der Waals surface area contributed by atoms with Crippen LogP contribution < -0.4 is 20.5 Å². The molecule has 0 atom stereocenters. The summed E-state index contributed by atoms with van der Waals surface area (Å²) in [5.41, 5.74) is 0.0781. The first-order chi connectivity index (χ1) is 20.0. The second-order valence-electron chi connectivity index (χ2n) is 10.3. The van der Waals surface area contributed by atoms with Gasteiger partial charge in [-0.05, 0) is 51.0 Å². The molecule has 2 aromatic carbocycles. The molecule has 4 aromatic rings. The number of carbonyl (C=O) groups excluding carboxylic acids is 2. The zero-order valence-corrected chi connectivity index (χ0v) is 24.8. The van der Waals surface area contributed by atoms with E-state index < -0.39 is 23.0 Å². The van der Waals surface area contributed by atoms with E-state index in [2.05, 4.69) is 15.5 Å². The minimum Gasteiger partial charge on any atom is -0.482 e. The highest BCUT2D eigenvalue weighted by Crippen LogP contribution is 2.27. The van der Waals surface area contributed by atoms with E-state index in [1.54, 1.807) is 39.8 Å². The molecule has 0 unspecified atom stereocenters. The van der Waals surface area contributed by atoms with Gasteiger partial charge in [0.05, 0.1) is 5.56 Å². The molecule has 0 radical (unpaired) electrons. The van der Waals surface area contributed by atoms with Crippen LogP contribution in [-0.4, -0.2) is 46.1 Å². The van der Waals surface area contributed by atoms with Crippen LogP contribution in [0.2, 0.25) is 0 Å². The topological polar surface area (TPSA) is 116 Å². The van der Waals surface area contributed by atoms with Crippen LogP contribution in [0.5, 0.6) is 5.75 Å². The highest BCUT2D eigenvalue weighted by atomic mass is 32.1. The van der Waals surface area contributed by atoms with Gasteiger partial charge in [-0.1, -0.05) is 53.8 Å². The highest BCUT2D eigenvalue weighted by Gasteiger charge is 2.30. The van der Waals surface area contributed by atoms with E-state index >= 15 is 0 Å². The molecule has 0 saturated heterocycles. The van der Waals surface area contributed by atoms with Crippen molar-refractivity contribution in [2.45, 2.75) is 46.3 Å². The van der Waals surface area contributed by atoms with Gasteiger partial charge in [0.2, 0.25) is 5.43 Å². The quantitative estimate of drug-likeness (QED) is 0.293. The highest BCUT2D eigenvalue weighted by molar-refractivity contribution is 7.14. The summed E-state index contributed by atoms with van der Waals surface area (Å²) in [5, 5.41) is 13.1. The molecular weight excluding hydrogens is 561 g/mol. The van der Waals surface area contributed by atoms with E-state index in [-0.39, 0.29) is 41.0 Å². The van der Waals surface area contributed by atoms with Crippen molar-refractivity contribution in [2.75, 3.05) is 18.6 Å². The van der Waals surface area contributed by atoms with Crippen LogP contribution in [0.15, 0.2) is 65.6 Å². The molecule has 0 aliphatic carbocycles. The van der Waals surface area contributed by atoms with Gasteiger partial charge in [0.25, 0.3) is 5.91 Å². The largest absolute Gasteiger partial charge is 0.482 e. The van der Waals surface area contributed by atoms with Crippen molar-refractivity contribution in [2.24, 2.45) is 0 Å². The van der Waals surface area contributed by atoms with E-state index in [0.717, 1.165) is 16.1 Å². The molecule has 2 amide bonds. The lowest BCUT2D eigenvalue weighted by molar-refractivity contribution is 0.0548. The second-order valence-corrected chi connectivity index (χ2v) is 11.4. The number of carbonyl (C=O) groups is 2. The summed E-state index contributed by atoms with van der Waals surface area (Å²) < 4.78 is 26.1. The summed E-state index contributed by atoms with van der Waals surface area (Å²) in [7, 11) is 1.42. The number of rotatable bonds is 9. The fourth-order valence-corrected chi connectivity index (χ4v) is 4.79. The van der Waals surface area contributed by atoms with Crippen LogP contribution in [0.4, 0.5) is 9.18 Å². The fraction of sp³-hybridized carbons (Fsp3) is 0.300. The molecule has 220 valence electrons. The molecule has 10 nitrogen and oxygen atoms in total. The van der Waals surface area contributed by atoms with Crippen molar-refractivity contribution in [1.29, 1.82) is 0 Å². The van der Waals surface area contributed by atoms with Crippen molar-refractivity contribution in [3.05, 3.63) is 98.7 Å². The van der Waals surface area contributed by atoms with Gasteiger partial charge >= 0.3 is 6.09 Å². The van der Waals surface area contributed by atoms with E-state index in [1.807, 2.05) is 30.3 Å². The summed E-state index contributed by atoms with van der Waals surface area (Å²) in [6, 6.07) is 15.2. The number of ether oxygens (including phenoxy) is 2. The van der Waals surface area contributed by atoms with E-state index in [1.165, 1.54) is 41.4 Å². The molecule has 0 saturated carbocycles. The van der Waals surface area contributed by atoms with Gasteiger partial charge < -0.3 is 14.8 Å². The summed E-state index contributed by atoms with van der Waals surface area (Å²) >= 11 is 1.17. The summed E-state index contributed by atoms with van der Waals surface area (Å²) in [6.45, 7) is 7.16. The number of hydrogen-bond donors (Lipinski definition) is 1. The number of amides is 2. The molecule has 0 spiro atoms. The van der Waals surface area contributed by atoms with Crippen LogP contribution in [0.1, 0.15) is 54.3 Å². The molecule has 4 rings (SSSR count). The minimum absolute atomic E-state index is 0.00593. The van der Waals surface area contributed by atoms with Gasteiger partial charge in [-0.3, -0.25) is 9.59 Å². The maximum absolute atomic E-state index is 13.9. The smallest absolute Gasteiger partial charge is 0.429 e. The Morgan fingerprint density at radius 1 is 1.05 bits per heavy atom. The zero-order valence-electron chi connectivity index (χ0n) is 24.0. The van der Waals surface area contributed by atoms with Gasteiger partial charge in [-0.25, -0.2) is 18.9 Å². The first-order valence-corrected chi connectivity index (χ1v) is 14.1. The number of benzene rings is 2. The SMILES string of the molecule is CCNC(=O)c1c(OCc2ccccc2)c(=O)c(-c2nnc(Cc3ccc(F)cc3)s2)cn1N(C)C(=O)OC(C)(C)C. The first-order valence-electron chi connectivity index (χ1n) is 13.3. The average Bonchev–Trinajstić information content (AvgIpc) is 3.40. The van der Waals surface area contributed by atoms with E-state index in [9.17, 15) is 18.8 Å². The molecule has 42 heavy (non-hydrogen) atoms. The Morgan fingerprint density at radius 2 is 1.74 bits per heavy atom. The Kier molecular flexibility index (Phi) is 9.36. The maximum atomic E-state index is 13.9. The Labute approximate surface area is 246 Å². The Hall–Kier alpha value is -4.58. The predicted octanol–water partition coefficient (Wildman–Crippen LogP) is 4.93. The minimum atomic E-state index is -0.819. The summed E-state index contributed by atoms with van der Waals surface area (Å²) in [4.78, 5) is 40.4. The van der Waals surface area contributed by atoms with Gasteiger partial charge in [0.15, 0.2) is 16.5 Å². The molecule has 0 fully saturated rings. The number of aromatic nitrogens is 3. The zero-order chi connectivity index (χ0) is 30.4. The molecular formula is C30H32FN5O5S. The molecule has 2 aromatic heterocycles. The third-order valence-corrected chi connectivity index (χ3v) is 6.83. The van der Waals surface area contributed by atoms with Crippen molar-refractivity contribution in [1.82, 2.24) is 20.2 Å². The third-order valence-electron chi connectivity index (χ3n) is 5.87. The lowest BCUT2D eigenvalue weighted by Gasteiger charge is -2.28. The van der Waals surface area contributed by atoms with Gasteiger partial charge in [-0.2, -0.15) is 0 Å². The van der Waals surface area contributed by atoms with Gasteiger partial charge in [0.1, 0.15) is 23.0 Å². The number of hydrogen-bond acceptors (Lipinski definition) is 8. The number of pyridine rings is 1. The Bertz CT molecular complexity index is 1610. The van der Waals surface area contributed by atoms with Crippen LogP contribution in [0.3, 0.4) is 0 Å². The lowest BCUT2D eigenvalue weighted by atomic mass is 10.2. The summed E-state index contributed by atoms with van der Waals surface area (Å²) in [6.07, 6.45) is 0.970.